The van der Waals surface area contributed by atoms with Crippen molar-refractivity contribution in [3.8, 4) is 0 Å². The quantitative estimate of drug-likeness (QED) is 0.601. The molecule has 0 spiro atoms. The fraction of sp³-hybridized carbons (Fsp3) is 0.500. The summed E-state index contributed by atoms with van der Waals surface area (Å²) in [7, 11) is 0. The minimum Gasteiger partial charge on any atom is -0.360 e. The van der Waals surface area contributed by atoms with Crippen LogP contribution in [-0.4, -0.2) is 10.3 Å². The third-order valence-electron chi connectivity index (χ3n) is 1.73. The molecule has 2 heterocycles. The lowest BCUT2D eigenvalue weighted by atomic mass is 9.91. The maximum atomic E-state index is 4.96. The Balaban J connectivity index is 2.69. The van der Waals surface area contributed by atoms with Gasteiger partial charge in [-0.3, -0.25) is 0 Å². The van der Waals surface area contributed by atoms with Gasteiger partial charge in [-0.05, 0) is 5.16 Å². The van der Waals surface area contributed by atoms with Crippen LogP contribution in [0.25, 0.3) is 11.1 Å². The van der Waals surface area contributed by atoms with Crippen molar-refractivity contribution in [2.24, 2.45) is 0 Å². The molecule has 0 N–H and O–H groups in total. The van der Waals surface area contributed by atoms with E-state index in [1.807, 2.05) is 0 Å². The fourth-order valence-electron chi connectivity index (χ4n) is 1.13. The second-order valence-corrected chi connectivity index (χ2v) is 3.81. The lowest BCUT2D eigenvalue weighted by Crippen LogP contribution is -2.11. The Morgan fingerprint density at radius 2 is 2.00 bits per heavy atom. The summed E-state index contributed by atoms with van der Waals surface area (Å²) < 4.78 is 9.72. The van der Waals surface area contributed by atoms with Gasteiger partial charge in [0.25, 0.3) is 5.71 Å². The van der Waals surface area contributed by atoms with Crippen LogP contribution < -0.4 is 0 Å². The zero-order chi connectivity index (χ0) is 8.77. The van der Waals surface area contributed by atoms with Gasteiger partial charge in [0, 0.05) is 5.41 Å². The lowest BCUT2D eigenvalue weighted by molar-refractivity contribution is 0.367. The maximum Gasteiger partial charge on any atom is 0.296 e. The van der Waals surface area contributed by atoms with Gasteiger partial charge >= 0.3 is 0 Å². The molecule has 64 valence electrons. The van der Waals surface area contributed by atoms with Crippen molar-refractivity contribution in [2.75, 3.05) is 0 Å². The van der Waals surface area contributed by atoms with Crippen LogP contribution in [0.1, 0.15) is 26.5 Å². The monoisotopic (exact) mass is 166 g/mol. The molecular weight excluding hydrogens is 156 g/mol. The van der Waals surface area contributed by atoms with Crippen LogP contribution in [0, 0.1) is 0 Å². The van der Waals surface area contributed by atoms with Crippen LogP contribution in [-0.2, 0) is 5.41 Å². The van der Waals surface area contributed by atoms with Crippen molar-refractivity contribution in [3.05, 3.63) is 12.0 Å². The van der Waals surface area contributed by atoms with Gasteiger partial charge in [0.05, 0.1) is 0 Å². The smallest absolute Gasteiger partial charge is 0.296 e. The molecule has 4 nitrogen and oxygen atoms in total. The van der Waals surface area contributed by atoms with Crippen LogP contribution in [0.4, 0.5) is 0 Å². The van der Waals surface area contributed by atoms with Crippen molar-refractivity contribution in [1.82, 2.24) is 10.3 Å². The van der Waals surface area contributed by atoms with E-state index in [2.05, 4.69) is 31.1 Å². The van der Waals surface area contributed by atoms with Gasteiger partial charge < -0.3 is 9.05 Å². The van der Waals surface area contributed by atoms with Crippen LogP contribution in [0.5, 0.6) is 0 Å². The minimum atomic E-state index is -0.0309. The van der Waals surface area contributed by atoms with Crippen LogP contribution in [0.15, 0.2) is 15.3 Å². The highest BCUT2D eigenvalue weighted by molar-refractivity contribution is 5.75. The van der Waals surface area contributed by atoms with Gasteiger partial charge in [0.2, 0.25) is 0 Å². The Hall–Kier alpha value is -1.32. The van der Waals surface area contributed by atoms with E-state index in [0.29, 0.717) is 5.71 Å². The van der Waals surface area contributed by atoms with E-state index in [0.717, 1.165) is 11.1 Å². The first kappa shape index (κ1) is 7.34. The molecule has 4 heteroatoms. The second-order valence-electron chi connectivity index (χ2n) is 3.81. The van der Waals surface area contributed by atoms with E-state index in [9.17, 15) is 0 Å². The first-order valence-corrected chi connectivity index (χ1v) is 3.79. The molecule has 0 saturated carbocycles. The fourth-order valence-corrected chi connectivity index (χ4v) is 1.13. The number of hydrogen-bond donors (Lipinski definition) is 0. The molecule has 0 atom stereocenters. The Bertz CT molecular complexity index is 394. The van der Waals surface area contributed by atoms with E-state index in [4.69, 9.17) is 9.05 Å². The maximum absolute atomic E-state index is 4.96. The van der Waals surface area contributed by atoms with Crippen molar-refractivity contribution in [3.63, 3.8) is 0 Å². The average Bonchev–Trinajstić information content (AvgIpc) is 2.37. The van der Waals surface area contributed by atoms with Crippen molar-refractivity contribution < 1.29 is 9.05 Å². The molecule has 0 bridgehead atoms. The van der Waals surface area contributed by atoms with Crippen molar-refractivity contribution in [1.29, 1.82) is 0 Å². The van der Waals surface area contributed by atoms with Gasteiger partial charge in [0.1, 0.15) is 17.3 Å². The number of fused-ring (bicyclic) bond motifs is 1. The number of hydrogen-bond acceptors (Lipinski definition) is 4. The van der Waals surface area contributed by atoms with Gasteiger partial charge in [-0.15, -0.1) is 0 Å². The van der Waals surface area contributed by atoms with E-state index in [-0.39, 0.29) is 5.41 Å². The molecule has 0 aliphatic carbocycles. The highest BCUT2D eigenvalue weighted by atomic mass is 16.5. The Kier molecular flexibility index (Phi) is 1.28. The zero-order valence-electron chi connectivity index (χ0n) is 7.29. The van der Waals surface area contributed by atoms with Gasteiger partial charge in [-0.25, -0.2) is 0 Å². The first-order chi connectivity index (χ1) is 5.59. The van der Waals surface area contributed by atoms with Gasteiger partial charge in [-0.2, -0.15) is 0 Å². The number of nitrogens with zero attached hydrogens (tertiary/aromatic N) is 2. The summed E-state index contributed by atoms with van der Waals surface area (Å²) in [5, 5.41) is 8.44. The molecule has 0 amide bonds. The predicted octanol–water partition coefficient (Wildman–Crippen LogP) is 2.11. The molecule has 0 unspecified atom stereocenters. The summed E-state index contributed by atoms with van der Waals surface area (Å²) in [6, 6.07) is 0. The molecule has 0 aliphatic rings. The van der Waals surface area contributed by atoms with Crippen LogP contribution in [0.2, 0.25) is 0 Å². The number of rotatable bonds is 0. The first-order valence-electron chi connectivity index (χ1n) is 3.79. The van der Waals surface area contributed by atoms with Crippen LogP contribution in [0.3, 0.4) is 0 Å². The Labute approximate surface area is 69.5 Å². The Morgan fingerprint density at radius 3 is 2.67 bits per heavy atom. The van der Waals surface area contributed by atoms with Crippen molar-refractivity contribution in [2.45, 2.75) is 26.2 Å². The summed E-state index contributed by atoms with van der Waals surface area (Å²) in [4.78, 5) is 0. The summed E-state index contributed by atoms with van der Waals surface area (Å²) in [6.07, 6.45) is 1.56. The van der Waals surface area contributed by atoms with E-state index in [1.54, 1.807) is 6.26 Å². The SMILES string of the molecule is CC(C)(C)c1noc2nocc12. The molecule has 0 aromatic carbocycles. The molecule has 2 aromatic heterocycles. The zero-order valence-corrected chi connectivity index (χ0v) is 7.29. The van der Waals surface area contributed by atoms with E-state index >= 15 is 0 Å². The number of aromatic nitrogens is 2. The van der Waals surface area contributed by atoms with Gasteiger partial charge in [-0.1, -0.05) is 25.9 Å². The molecule has 2 rings (SSSR count). The molecule has 0 aliphatic heterocycles. The predicted molar refractivity (Wildman–Crippen MR) is 42.8 cm³/mol. The lowest BCUT2D eigenvalue weighted by Gasteiger charge is -2.12. The topological polar surface area (TPSA) is 52.1 Å². The van der Waals surface area contributed by atoms with E-state index < -0.39 is 0 Å². The van der Waals surface area contributed by atoms with Gasteiger partial charge in [0.15, 0.2) is 0 Å². The molecule has 0 radical (unpaired) electrons. The second kappa shape index (κ2) is 2.09. The molecule has 0 fully saturated rings. The third-order valence-corrected chi connectivity index (χ3v) is 1.73. The highest BCUT2D eigenvalue weighted by Crippen LogP contribution is 2.28. The molecule has 12 heavy (non-hydrogen) atoms. The largest absolute Gasteiger partial charge is 0.360 e. The van der Waals surface area contributed by atoms with Crippen molar-refractivity contribution >= 4 is 11.1 Å². The normalized spacial score (nSPS) is 12.6. The standard InChI is InChI=1S/C8H10N2O2/c1-8(2,3)6-5-4-11-10-7(5)12-9-6/h4H,1-3H3. The molecule has 0 saturated heterocycles. The summed E-state index contributed by atoms with van der Waals surface area (Å²) in [5.41, 5.74) is 1.33. The van der Waals surface area contributed by atoms with E-state index in [1.165, 1.54) is 0 Å². The molecule has 2 aromatic rings. The summed E-state index contributed by atoms with van der Waals surface area (Å²) in [6.45, 7) is 6.20. The Morgan fingerprint density at radius 1 is 1.25 bits per heavy atom. The minimum absolute atomic E-state index is 0.0309. The third kappa shape index (κ3) is 0.913. The summed E-state index contributed by atoms with van der Waals surface area (Å²) in [5.74, 6) is 0. The molecular formula is C8H10N2O2. The highest BCUT2D eigenvalue weighted by Gasteiger charge is 2.23. The summed E-state index contributed by atoms with van der Waals surface area (Å²) >= 11 is 0. The van der Waals surface area contributed by atoms with Crippen LogP contribution >= 0.6 is 0 Å². The average molecular weight is 166 g/mol.